The number of anilines is 1. The van der Waals surface area contributed by atoms with E-state index in [0.717, 1.165) is 18.9 Å². The van der Waals surface area contributed by atoms with Crippen LogP contribution in [0.4, 0.5) is 18.3 Å². The highest BCUT2D eigenvalue weighted by atomic mass is 32.1. The first-order valence-corrected chi connectivity index (χ1v) is 6.16. The van der Waals surface area contributed by atoms with E-state index < -0.39 is 12.6 Å². The molecule has 1 saturated carbocycles. The zero-order valence-corrected chi connectivity index (χ0v) is 9.50. The first-order valence-electron chi connectivity index (χ1n) is 5.28. The topological polar surface area (TPSA) is 24.9 Å². The van der Waals surface area contributed by atoms with E-state index >= 15 is 0 Å². The van der Waals surface area contributed by atoms with Gasteiger partial charge in [0.1, 0.15) is 0 Å². The Hall–Kier alpha value is -0.780. The van der Waals surface area contributed by atoms with Gasteiger partial charge in [-0.3, -0.25) is 0 Å². The van der Waals surface area contributed by atoms with Crippen LogP contribution in [0.5, 0.6) is 0 Å². The van der Waals surface area contributed by atoms with Crippen molar-refractivity contribution in [3.05, 3.63) is 11.1 Å². The molecular formula is C10H13F3N2S. The predicted octanol–water partition coefficient (Wildman–Crippen LogP) is 3.46. The second-order valence-corrected chi connectivity index (χ2v) is 4.95. The number of rotatable bonds is 5. The van der Waals surface area contributed by atoms with Crippen LogP contribution in [0.15, 0.2) is 5.38 Å². The van der Waals surface area contributed by atoms with Gasteiger partial charge >= 0.3 is 6.18 Å². The standard InChI is InChI=1S/C10H13F3N2S/c11-10(12,13)5-8-6-16-9(15-8)14-4-3-7-1-2-7/h6-7H,1-5H2,(H,14,15). The number of thiazole rings is 1. The smallest absolute Gasteiger partial charge is 0.362 e. The van der Waals surface area contributed by atoms with Crippen molar-refractivity contribution < 1.29 is 13.2 Å². The third-order valence-corrected chi connectivity index (χ3v) is 3.31. The van der Waals surface area contributed by atoms with E-state index in [-0.39, 0.29) is 5.69 Å². The van der Waals surface area contributed by atoms with Gasteiger partial charge < -0.3 is 5.32 Å². The Bertz CT molecular complexity index is 344. The summed E-state index contributed by atoms with van der Waals surface area (Å²) in [5.41, 5.74) is 0.103. The van der Waals surface area contributed by atoms with Crippen LogP contribution in [-0.4, -0.2) is 17.7 Å². The van der Waals surface area contributed by atoms with E-state index in [9.17, 15) is 13.2 Å². The SMILES string of the molecule is FC(F)(F)Cc1csc(NCCC2CC2)n1. The number of hydrogen-bond acceptors (Lipinski definition) is 3. The van der Waals surface area contributed by atoms with Gasteiger partial charge in [-0.15, -0.1) is 11.3 Å². The average Bonchev–Trinajstić information content (AvgIpc) is 2.86. The molecule has 1 N–H and O–H groups in total. The van der Waals surface area contributed by atoms with Crippen LogP contribution in [0.3, 0.4) is 0 Å². The van der Waals surface area contributed by atoms with Crippen molar-refractivity contribution in [2.24, 2.45) is 5.92 Å². The van der Waals surface area contributed by atoms with Gasteiger partial charge in [0, 0.05) is 11.9 Å². The molecule has 0 bridgehead atoms. The van der Waals surface area contributed by atoms with E-state index in [1.165, 1.54) is 29.6 Å². The molecule has 2 nitrogen and oxygen atoms in total. The van der Waals surface area contributed by atoms with Gasteiger partial charge in [0.25, 0.3) is 0 Å². The first-order chi connectivity index (χ1) is 7.53. The third-order valence-electron chi connectivity index (χ3n) is 2.46. The van der Waals surface area contributed by atoms with Crippen molar-refractivity contribution in [3.63, 3.8) is 0 Å². The summed E-state index contributed by atoms with van der Waals surface area (Å²) in [6.45, 7) is 0.809. The molecule has 90 valence electrons. The molecular weight excluding hydrogens is 237 g/mol. The molecule has 1 aliphatic rings. The lowest BCUT2D eigenvalue weighted by Crippen LogP contribution is -2.11. The van der Waals surface area contributed by atoms with Gasteiger partial charge in [0.15, 0.2) is 5.13 Å². The molecule has 0 saturated heterocycles. The number of aromatic nitrogens is 1. The molecule has 0 aromatic carbocycles. The molecule has 6 heteroatoms. The maximum Gasteiger partial charge on any atom is 0.394 e. The van der Waals surface area contributed by atoms with Crippen LogP contribution in [0.2, 0.25) is 0 Å². The fraction of sp³-hybridized carbons (Fsp3) is 0.700. The van der Waals surface area contributed by atoms with E-state index in [0.29, 0.717) is 5.13 Å². The Morgan fingerprint density at radius 2 is 2.19 bits per heavy atom. The van der Waals surface area contributed by atoms with Crippen molar-refractivity contribution in [1.29, 1.82) is 0 Å². The molecule has 1 heterocycles. The van der Waals surface area contributed by atoms with Gasteiger partial charge in [0.05, 0.1) is 12.1 Å². The second-order valence-electron chi connectivity index (χ2n) is 4.09. The minimum atomic E-state index is -4.17. The summed E-state index contributed by atoms with van der Waals surface area (Å²) in [6, 6.07) is 0. The molecule has 0 atom stereocenters. The summed E-state index contributed by atoms with van der Waals surface area (Å²) in [6.07, 6.45) is -1.43. The largest absolute Gasteiger partial charge is 0.394 e. The fourth-order valence-electron chi connectivity index (χ4n) is 1.46. The molecule has 16 heavy (non-hydrogen) atoms. The lowest BCUT2D eigenvalue weighted by molar-refractivity contribution is -0.127. The van der Waals surface area contributed by atoms with Gasteiger partial charge in [0.2, 0.25) is 0 Å². The van der Waals surface area contributed by atoms with Crippen molar-refractivity contribution in [3.8, 4) is 0 Å². The van der Waals surface area contributed by atoms with Gasteiger partial charge in [-0.05, 0) is 12.3 Å². The van der Waals surface area contributed by atoms with E-state index in [1.54, 1.807) is 0 Å². The van der Waals surface area contributed by atoms with Crippen molar-refractivity contribution in [1.82, 2.24) is 4.98 Å². The second kappa shape index (κ2) is 4.61. The van der Waals surface area contributed by atoms with Gasteiger partial charge in [-0.2, -0.15) is 13.2 Å². The Labute approximate surface area is 95.9 Å². The van der Waals surface area contributed by atoms with Crippen LogP contribution in [-0.2, 0) is 6.42 Å². The highest BCUT2D eigenvalue weighted by Crippen LogP contribution is 2.32. The molecule has 2 rings (SSSR count). The number of alkyl halides is 3. The van der Waals surface area contributed by atoms with Gasteiger partial charge in [-0.25, -0.2) is 4.98 Å². The molecule has 0 unspecified atom stereocenters. The lowest BCUT2D eigenvalue weighted by atomic mass is 10.3. The van der Waals surface area contributed by atoms with Gasteiger partial charge in [-0.1, -0.05) is 12.8 Å². The summed E-state index contributed by atoms with van der Waals surface area (Å²) in [5.74, 6) is 0.821. The molecule has 0 amide bonds. The van der Waals surface area contributed by atoms with E-state index in [4.69, 9.17) is 0 Å². The number of nitrogens with zero attached hydrogens (tertiary/aromatic N) is 1. The molecule has 1 aromatic heterocycles. The van der Waals surface area contributed by atoms with Crippen molar-refractivity contribution >= 4 is 16.5 Å². The average molecular weight is 250 g/mol. The van der Waals surface area contributed by atoms with E-state index in [2.05, 4.69) is 10.3 Å². The van der Waals surface area contributed by atoms with Crippen molar-refractivity contribution in [2.75, 3.05) is 11.9 Å². The van der Waals surface area contributed by atoms with E-state index in [1.807, 2.05) is 0 Å². The zero-order chi connectivity index (χ0) is 11.6. The Balaban J connectivity index is 1.77. The molecule has 1 aromatic rings. The number of halogens is 3. The molecule has 1 fully saturated rings. The quantitative estimate of drug-likeness (QED) is 0.865. The first kappa shape index (κ1) is 11.7. The molecule has 0 radical (unpaired) electrons. The molecule has 0 aliphatic heterocycles. The maximum atomic E-state index is 12.1. The van der Waals surface area contributed by atoms with Crippen LogP contribution >= 0.6 is 11.3 Å². The Kier molecular flexibility index (Phi) is 3.37. The zero-order valence-electron chi connectivity index (χ0n) is 8.68. The van der Waals surface area contributed by atoms with Crippen molar-refractivity contribution in [2.45, 2.75) is 31.9 Å². The summed E-state index contributed by atoms with van der Waals surface area (Å²) >= 11 is 1.24. The summed E-state index contributed by atoms with van der Waals surface area (Å²) < 4.78 is 36.2. The van der Waals surface area contributed by atoms with Crippen LogP contribution in [0, 0.1) is 5.92 Å². The summed E-state index contributed by atoms with van der Waals surface area (Å²) in [5, 5.41) is 5.12. The highest BCUT2D eigenvalue weighted by Gasteiger charge is 2.29. The van der Waals surface area contributed by atoms with Crippen LogP contribution < -0.4 is 5.32 Å². The minimum Gasteiger partial charge on any atom is -0.362 e. The molecule has 1 aliphatic carbocycles. The molecule has 0 spiro atoms. The fourth-order valence-corrected chi connectivity index (χ4v) is 2.20. The minimum absolute atomic E-state index is 0.103. The predicted molar refractivity (Wildman–Crippen MR) is 57.7 cm³/mol. The Morgan fingerprint density at radius 3 is 2.81 bits per heavy atom. The monoisotopic (exact) mass is 250 g/mol. The number of hydrogen-bond donors (Lipinski definition) is 1. The number of nitrogens with one attached hydrogen (secondary N) is 1. The normalized spacial score (nSPS) is 16.4. The lowest BCUT2D eigenvalue weighted by Gasteiger charge is -2.02. The van der Waals surface area contributed by atoms with Crippen LogP contribution in [0.25, 0.3) is 0 Å². The third kappa shape index (κ3) is 4.00. The summed E-state index contributed by atoms with van der Waals surface area (Å²) in [7, 11) is 0. The Morgan fingerprint density at radius 1 is 1.44 bits per heavy atom. The maximum absolute atomic E-state index is 12.1. The highest BCUT2D eigenvalue weighted by molar-refractivity contribution is 7.13. The van der Waals surface area contributed by atoms with Crippen LogP contribution in [0.1, 0.15) is 25.0 Å². The summed E-state index contributed by atoms with van der Waals surface area (Å²) in [4.78, 5) is 3.90.